The number of hydrogen-bond acceptors (Lipinski definition) is 8. The average Bonchev–Trinajstić information content (AvgIpc) is 3.01. The van der Waals surface area contributed by atoms with Gasteiger partial charge in [0.1, 0.15) is 6.10 Å². The van der Waals surface area contributed by atoms with Gasteiger partial charge in [-0.3, -0.25) is 14.3 Å². The normalized spacial score (nSPS) is 28.5. The monoisotopic (exact) mass is 311 g/mol. The molecule has 2 aromatic rings. The molecule has 120 valence electrons. The molecular weight excluding hydrogens is 294 g/mol. The van der Waals surface area contributed by atoms with Crippen molar-refractivity contribution in [3.63, 3.8) is 0 Å². The van der Waals surface area contributed by atoms with Gasteiger partial charge in [0, 0.05) is 12.5 Å². The molecule has 0 amide bonds. The van der Waals surface area contributed by atoms with Crippen LogP contribution < -0.4 is 11.3 Å². The number of nitrogens with two attached hydrogens (primary N) is 1. The fourth-order valence-corrected chi connectivity index (χ4v) is 2.79. The van der Waals surface area contributed by atoms with Gasteiger partial charge >= 0.3 is 0 Å². The van der Waals surface area contributed by atoms with Gasteiger partial charge in [-0.2, -0.15) is 4.98 Å². The van der Waals surface area contributed by atoms with E-state index in [1.807, 2.05) is 0 Å². The van der Waals surface area contributed by atoms with Crippen molar-refractivity contribution in [1.82, 2.24) is 19.5 Å². The molecule has 3 heterocycles. The van der Waals surface area contributed by atoms with Crippen LogP contribution in [0.25, 0.3) is 11.2 Å². The van der Waals surface area contributed by atoms with Crippen molar-refractivity contribution < 1.29 is 20.1 Å². The number of fused-ring (bicyclic) bond motifs is 1. The van der Waals surface area contributed by atoms with E-state index in [1.165, 1.54) is 10.9 Å². The molecule has 2 aromatic heterocycles. The number of rotatable bonds is 4. The summed E-state index contributed by atoms with van der Waals surface area (Å²) in [7, 11) is 0. The summed E-state index contributed by atoms with van der Waals surface area (Å²) in [5.41, 5.74) is 5.31. The van der Waals surface area contributed by atoms with Crippen molar-refractivity contribution in [1.29, 1.82) is 0 Å². The summed E-state index contributed by atoms with van der Waals surface area (Å²) in [5.74, 6) is -0.619. The third-order valence-electron chi connectivity index (χ3n) is 3.87. The van der Waals surface area contributed by atoms with Crippen LogP contribution in [0.2, 0.25) is 0 Å². The number of aromatic amines is 1. The predicted molar refractivity (Wildman–Crippen MR) is 74.8 cm³/mol. The first-order valence-corrected chi connectivity index (χ1v) is 6.84. The van der Waals surface area contributed by atoms with E-state index in [0.29, 0.717) is 0 Å². The Bertz CT molecular complexity index is 728. The molecule has 0 saturated carbocycles. The second kappa shape index (κ2) is 5.65. The predicted octanol–water partition coefficient (Wildman–Crippen LogP) is -2.05. The highest BCUT2D eigenvalue weighted by molar-refractivity contribution is 5.70. The Morgan fingerprint density at radius 2 is 2.23 bits per heavy atom. The minimum Gasteiger partial charge on any atom is -0.396 e. The van der Waals surface area contributed by atoms with Gasteiger partial charge in [0.15, 0.2) is 17.4 Å². The molecule has 0 radical (unpaired) electrons. The molecule has 1 saturated heterocycles. The lowest BCUT2D eigenvalue weighted by molar-refractivity contribution is -0.0402. The topological polar surface area (TPSA) is 160 Å². The molecule has 1 aliphatic rings. The third-order valence-corrected chi connectivity index (χ3v) is 3.87. The first-order valence-electron chi connectivity index (χ1n) is 6.84. The number of nitrogens with one attached hydrogen (secondary N) is 1. The van der Waals surface area contributed by atoms with Crippen LogP contribution in [-0.2, 0) is 4.74 Å². The van der Waals surface area contributed by atoms with Gasteiger partial charge < -0.3 is 25.8 Å². The number of aromatic nitrogens is 4. The van der Waals surface area contributed by atoms with Crippen LogP contribution in [0.1, 0.15) is 12.6 Å². The Morgan fingerprint density at radius 1 is 1.45 bits per heavy atom. The number of H-pyrrole nitrogens is 1. The smallest absolute Gasteiger partial charge is 0.280 e. The van der Waals surface area contributed by atoms with Crippen LogP contribution in [0, 0.1) is 5.92 Å². The zero-order valence-electron chi connectivity index (χ0n) is 11.6. The largest absolute Gasteiger partial charge is 0.396 e. The highest BCUT2D eigenvalue weighted by Gasteiger charge is 2.44. The van der Waals surface area contributed by atoms with Gasteiger partial charge in [-0.25, -0.2) is 4.98 Å². The van der Waals surface area contributed by atoms with Crippen molar-refractivity contribution in [3.05, 3.63) is 16.7 Å². The molecule has 3 rings (SSSR count). The molecule has 4 atom stereocenters. The van der Waals surface area contributed by atoms with E-state index in [9.17, 15) is 15.0 Å². The number of nitrogens with zero attached hydrogens (tertiary/aromatic N) is 3. The molecule has 1 aliphatic heterocycles. The SMILES string of the molecule is Nc1nc2c(ncn2[C@@H]2O[C@H](CCO)[C@@H](CO)[C@H]2O)c(=O)[nH]1. The fourth-order valence-electron chi connectivity index (χ4n) is 2.79. The van der Waals surface area contributed by atoms with Crippen LogP contribution in [0.5, 0.6) is 0 Å². The maximum atomic E-state index is 11.8. The number of hydrogen-bond donors (Lipinski definition) is 5. The number of aliphatic hydroxyl groups excluding tert-OH is 3. The molecule has 0 aromatic carbocycles. The standard InChI is InChI=1S/C12H17N5O5/c13-12-15-9-7(10(21)16-12)14-4-17(9)11-8(20)5(3-19)6(22-11)1-2-18/h4-6,8,11,18-20H,1-3H2,(H3,13,15,16,21)/t5-,6-,8-,11-/m1/s1. The zero-order chi connectivity index (χ0) is 15.9. The second-order valence-corrected chi connectivity index (χ2v) is 5.19. The van der Waals surface area contributed by atoms with Crippen molar-refractivity contribution in [2.24, 2.45) is 5.92 Å². The number of aliphatic hydroxyl groups is 3. The maximum absolute atomic E-state index is 11.8. The zero-order valence-corrected chi connectivity index (χ0v) is 11.6. The van der Waals surface area contributed by atoms with Crippen molar-refractivity contribution in [2.45, 2.75) is 24.9 Å². The summed E-state index contributed by atoms with van der Waals surface area (Å²) >= 11 is 0. The molecule has 10 nitrogen and oxygen atoms in total. The summed E-state index contributed by atoms with van der Waals surface area (Å²) in [6, 6.07) is 0. The van der Waals surface area contributed by atoms with E-state index in [2.05, 4.69) is 15.0 Å². The molecule has 0 spiro atoms. The first kappa shape index (κ1) is 14.9. The first-order chi connectivity index (χ1) is 10.6. The van der Waals surface area contributed by atoms with Crippen LogP contribution in [0.4, 0.5) is 5.95 Å². The molecule has 0 unspecified atom stereocenters. The lowest BCUT2D eigenvalue weighted by Crippen LogP contribution is -2.29. The minimum absolute atomic E-state index is 0.0719. The summed E-state index contributed by atoms with van der Waals surface area (Å²) in [6.07, 6.45) is -0.794. The Kier molecular flexibility index (Phi) is 3.83. The van der Waals surface area contributed by atoms with Gasteiger partial charge in [-0.05, 0) is 6.42 Å². The Labute approximate surface area is 124 Å². The second-order valence-electron chi connectivity index (χ2n) is 5.19. The quantitative estimate of drug-likeness (QED) is 0.431. The summed E-state index contributed by atoms with van der Waals surface area (Å²) in [5, 5.41) is 28.8. The van der Waals surface area contributed by atoms with Crippen molar-refractivity contribution in [3.8, 4) is 0 Å². The van der Waals surface area contributed by atoms with Crippen LogP contribution in [0.3, 0.4) is 0 Å². The molecule has 0 aliphatic carbocycles. The molecule has 1 fully saturated rings. The van der Waals surface area contributed by atoms with Crippen LogP contribution >= 0.6 is 0 Å². The van der Waals surface area contributed by atoms with Crippen LogP contribution in [0.15, 0.2) is 11.1 Å². The lowest BCUT2D eigenvalue weighted by Gasteiger charge is -2.17. The van der Waals surface area contributed by atoms with E-state index in [4.69, 9.17) is 15.6 Å². The van der Waals surface area contributed by atoms with E-state index >= 15 is 0 Å². The molecule has 10 heteroatoms. The minimum atomic E-state index is -1.03. The summed E-state index contributed by atoms with van der Waals surface area (Å²) in [4.78, 5) is 22.1. The highest BCUT2D eigenvalue weighted by Crippen LogP contribution is 2.36. The van der Waals surface area contributed by atoms with Crippen molar-refractivity contribution in [2.75, 3.05) is 18.9 Å². The summed E-state index contributed by atoms with van der Waals surface area (Å²) in [6.45, 7) is -0.415. The Balaban J connectivity index is 2.02. The van der Waals surface area contributed by atoms with E-state index in [-0.39, 0.29) is 36.7 Å². The fraction of sp³-hybridized carbons (Fsp3) is 0.583. The van der Waals surface area contributed by atoms with Gasteiger partial charge in [0.05, 0.1) is 19.0 Å². The number of nitrogen functional groups attached to an aromatic ring is 1. The molecule has 22 heavy (non-hydrogen) atoms. The molecular formula is C12H17N5O5. The van der Waals surface area contributed by atoms with Crippen LogP contribution in [-0.4, -0.2) is 60.3 Å². The Hall–Kier alpha value is -2.01. The number of imidazole rings is 1. The third kappa shape index (κ3) is 2.25. The van der Waals surface area contributed by atoms with Gasteiger partial charge in [-0.1, -0.05) is 0 Å². The maximum Gasteiger partial charge on any atom is 0.280 e. The van der Waals surface area contributed by atoms with Crippen molar-refractivity contribution >= 4 is 17.1 Å². The summed E-state index contributed by atoms with van der Waals surface area (Å²) < 4.78 is 7.12. The van der Waals surface area contributed by atoms with E-state index in [0.717, 1.165) is 0 Å². The van der Waals surface area contributed by atoms with Gasteiger partial charge in [-0.15, -0.1) is 0 Å². The van der Waals surface area contributed by atoms with Gasteiger partial charge in [0.2, 0.25) is 5.95 Å². The number of anilines is 1. The molecule has 6 N–H and O–H groups in total. The number of ether oxygens (including phenoxy) is 1. The van der Waals surface area contributed by atoms with E-state index in [1.54, 1.807) is 0 Å². The molecule has 0 bridgehead atoms. The van der Waals surface area contributed by atoms with E-state index < -0.39 is 29.9 Å². The van der Waals surface area contributed by atoms with Gasteiger partial charge in [0.25, 0.3) is 5.56 Å². The lowest BCUT2D eigenvalue weighted by atomic mass is 9.97. The highest BCUT2D eigenvalue weighted by atomic mass is 16.5. The Morgan fingerprint density at radius 3 is 2.91 bits per heavy atom. The average molecular weight is 311 g/mol.